The number of nitrogens with zero attached hydrogens (tertiary/aromatic N) is 1. The highest BCUT2D eigenvalue weighted by molar-refractivity contribution is 5.81. The molecule has 0 saturated heterocycles. The molecule has 0 aliphatic heterocycles. The minimum atomic E-state index is 0. The minimum Gasteiger partial charge on any atom is -1.00 e. The summed E-state index contributed by atoms with van der Waals surface area (Å²) in [7, 11) is 0. The number of hydrogen-bond donors (Lipinski definition) is 1. The Bertz CT molecular complexity index is 863. The lowest BCUT2D eigenvalue weighted by Crippen LogP contribution is -2.33. The summed E-state index contributed by atoms with van der Waals surface area (Å²) in [6, 6.07) is 21.2. The van der Waals surface area contributed by atoms with E-state index >= 15 is 0 Å². The van der Waals surface area contributed by atoms with E-state index in [2.05, 4.69) is 82.6 Å². The molecule has 4 rings (SSSR count). The van der Waals surface area contributed by atoms with Crippen molar-refractivity contribution in [1.82, 2.24) is 4.98 Å². The van der Waals surface area contributed by atoms with E-state index in [0.717, 1.165) is 6.54 Å². The summed E-state index contributed by atoms with van der Waals surface area (Å²) in [6.45, 7) is 4.86. The van der Waals surface area contributed by atoms with Gasteiger partial charge in [-0.1, -0.05) is 50.2 Å². The van der Waals surface area contributed by atoms with Crippen molar-refractivity contribution in [1.29, 1.82) is 0 Å². The van der Waals surface area contributed by atoms with Crippen molar-refractivity contribution in [2.75, 3.05) is 0 Å². The van der Waals surface area contributed by atoms with Crippen LogP contribution in [-0.2, 0) is 6.54 Å². The van der Waals surface area contributed by atoms with Gasteiger partial charge in [0.15, 0.2) is 18.9 Å². The van der Waals surface area contributed by atoms with E-state index in [0.29, 0.717) is 0 Å². The number of benzene rings is 2. The van der Waals surface area contributed by atoms with Crippen LogP contribution in [0.2, 0.25) is 0 Å². The van der Waals surface area contributed by atoms with Crippen LogP contribution in [0.15, 0.2) is 73.1 Å². The quantitative estimate of drug-likeness (QED) is 0.512. The number of aromatic nitrogens is 2. The van der Waals surface area contributed by atoms with Crippen molar-refractivity contribution < 1.29 is 5.99 Å². The maximum absolute atomic E-state index is 3.47. The first-order valence-electron chi connectivity index (χ1n) is 7.83. The number of rotatable bonds is 2. The molecule has 0 radical (unpaired) electrons. The van der Waals surface area contributed by atoms with Gasteiger partial charge in [0.2, 0.25) is 0 Å². The van der Waals surface area contributed by atoms with Crippen molar-refractivity contribution in [2.45, 2.75) is 20.4 Å². The smallest absolute Gasteiger partial charge is 0.188 e. The van der Waals surface area contributed by atoms with Gasteiger partial charge < -0.3 is 6.41 Å². The van der Waals surface area contributed by atoms with E-state index in [1.165, 1.54) is 27.4 Å². The summed E-state index contributed by atoms with van der Waals surface area (Å²) >= 11 is 0. The Kier molecular flexibility index (Phi) is 4.19. The first-order chi connectivity index (χ1) is 10.9. The summed E-state index contributed by atoms with van der Waals surface area (Å²) < 4.78 is 2.22. The van der Waals surface area contributed by atoms with Crippen molar-refractivity contribution in [2.24, 2.45) is 0 Å². The highest BCUT2D eigenvalue weighted by atomic mass is 14.9. The molecule has 0 spiro atoms. The molecule has 0 aliphatic carbocycles. The SMILES string of the molecule is CC.[3H-].c1ccc2c[n+](Cc3cc4ccccc4[nH]3)ccc2c1. The zero-order chi connectivity index (χ0) is 15.4. The second-order valence-corrected chi connectivity index (χ2v) is 5.13. The lowest BCUT2D eigenvalue weighted by atomic mass is 10.2. The number of hydrogen-bond acceptors (Lipinski definition) is 0. The Morgan fingerprint density at radius 3 is 2.32 bits per heavy atom. The van der Waals surface area contributed by atoms with E-state index in [1.54, 1.807) is 0 Å². The molecule has 0 aliphatic rings. The molecule has 2 heteroatoms. The lowest BCUT2D eigenvalue weighted by Gasteiger charge is -1.98. The monoisotopic (exact) mass is 292 g/mol. The molecule has 0 unspecified atom stereocenters. The maximum Gasteiger partial charge on any atom is 0.188 e. The summed E-state index contributed by atoms with van der Waals surface area (Å²) in [6.07, 6.45) is 4.33. The van der Waals surface area contributed by atoms with Crippen LogP contribution < -0.4 is 4.57 Å². The van der Waals surface area contributed by atoms with Crippen LogP contribution in [0.25, 0.3) is 21.7 Å². The molecule has 0 atom stereocenters. The standard InChI is InChI=1S/C18H15N2.C2H6.H/c1-2-7-16-12-20(10-9-14(16)5-1)13-17-11-15-6-3-4-8-18(15)19-17;1-2;/h1-12,19H,13H2;1-2H3;/q+1;;-1/i;;1+2. The fourth-order valence-corrected chi connectivity index (χ4v) is 2.69. The Labute approximate surface area is 132 Å². The molecule has 0 bridgehead atoms. The highest BCUT2D eigenvalue weighted by Gasteiger charge is 2.07. The first-order valence-corrected chi connectivity index (χ1v) is 7.83. The highest BCUT2D eigenvalue weighted by Crippen LogP contribution is 2.15. The van der Waals surface area contributed by atoms with Crippen LogP contribution in [0.3, 0.4) is 0 Å². The number of pyridine rings is 1. The number of H-pyrrole nitrogens is 1. The molecule has 22 heavy (non-hydrogen) atoms. The molecular formula is C20H22N2. The predicted octanol–water partition coefficient (Wildman–Crippen LogP) is 4.80. The van der Waals surface area contributed by atoms with Gasteiger partial charge in [-0.2, -0.15) is 4.57 Å². The summed E-state index contributed by atoms with van der Waals surface area (Å²) in [5.74, 6) is 0. The van der Waals surface area contributed by atoms with E-state index in [4.69, 9.17) is 0 Å². The van der Waals surface area contributed by atoms with Gasteiger partial charge in [0.25, 0.3) is 0 Å². The molecule has 1 N–H and O–H groups in total. The summed E-state index contributed by atoms with van der Waals surface area (Å²) in [4.78, 5) is 3.47. The average Bonchev–Trinajstić information content (AvgIpc) is 2.99. The third kappa shape index (κ3) is 2.86. The van der Waals surface area contributed by atoms with Gasteiger partial charge in [0, 0.05) is 17.0 Å². The molecule has 0 fully saturated rings. The van der Waals surface area contributed by atoms with Crippen LogP contribution in [0.5, 0.6) is 0 Å². The van der Waals surface area contributed by atoms with Gasteiger partial charge in [0.05, 0.1) is 5.69 Å². The maximum atomic E-state index is 3.47. The molecule has 2 nitrogen and oxygen atoms in total. The molecule has 112 valence electrons. The van der Waals surface area contributed by atoms with Gasteiger partial charge in [0.1, 0.15) is 0 Å². The van der Waals surface area contributed by atoms with E-state index in [-0.39, 0.29) is 1.43 Å². The molecule has 2 heterocycles. The van der Waals surface area contributed by atoms with Crippen LogP contribution in [0, 0.1) is 0 Å². The van der Waals surface area contributed by atoms with Gasteiger partial charge in [-0.15, -0.1) is 0 Å². The van der Waals surface area contributed by atoms with Gasteiger partial charge in [-0.3, -0.25) is 0 Å². The summed E-state index contributed by atoms with van der Waals surface area (Å²) in [5.41, 5.74) is 2.43. The van der Waals surface area contributed by atoms with E-state index in [1.807, 2.05) is 13.8 Å². The molecule has 4 aromatic rings. The summed E-state index contributed by atoms with van der Waals surface area (Å²) in [5, 5.41) is 3.82. The minimum absolute atomic E-state index is 0. The molecule has 0 saturated carbocycles. The van der Waals surface area contributed by atoms with Crippen LogP contribution in [-0.4, -0.2) is 4.98 Å². The largest absolute Gasteiger partial charge is 1.00 e. The van der Waals surface area contributed by atoms with Crippen molar-refractivity contribution >= 4 is 21.7 Å². The van der Waals surface area contributed by atoms with Gasteiger partial charge >= 0.3 is 0 Å². The predicted molar refractivity (Wildman–Crippen MR) is 94.0 cm³/mol. The third-order valence-corrected chi connectivity index (χ3v) is 3.69. The van der Waals surface area contributed by atoms with Crippen molar-refractivity contribution in [3.05, 3.63) is 78.8 Å². The third-order valence-electron chi connectivity index (χ3n) is 3.69. The zero-order valence-electron chi connectivity index (χ0n) is 14.1. The molecular weight excluding hydrogens is 268 g/mol. The zero-order valence-corrected chi connectivity index (χ0v) is 13.1. The lowest BCUT2D eigenvalue weighted by molar-refractivity contribution is -0.687. The molecule has 2 aromatic carbocycles. The molecule has 2 aromatic heterocycles. The van der Waals surface area contributed by atoms with Crippen LogP contribution in [0.1, 0.15) is 21.0 Å². The first kappa shape index (κ1) is 14.3. The average molecular weight is 292 g/mol. The van der Waals surface area contributed by atoms with Crippen molar-refractivity contribution in [3.63, 3.8) is 0 Å². The number of fused-ring (bicyclic) bond motifs is 2. The fourth-order valence-electron chi connectivity index (χ4n) is 2.69. The van der Waals surface area contributed by atoms with E-state index in [9.17, 15) is 0 Å². The Hall–Kier alpha value is -2.61. The van der Waals surface area contributed by atoms with Gasteiger partial charge in [-0.25, -0.2) is 0 Å². The van der Waals surface area contributed by atoms with Crippen LogP contribution in [0.4, 0.5) is 0 Å². The number of para-hydroxylation sites is 1. The van der Waals surface area contributed by atoms with Crippen molar-refractivity contribution in [3.8, 4) is 0 Å². The Morgan fingerprint density at radius 1 is 0.864 bits per heavy atom. The topological polar surface area (TPSA) is 19.7 Å². The fraction of sp³-hybridized carbons (Fsp3) is 0.150. The second kappa shape index (κ2) is 6.44. The molecule has 0 amide bonds. The normalized spacial score (nSPS) is 10.5. The van der Waals surface area contributed by atoms with Gasteiger partial charge in [-0.05, 0) is 29.0 Å². The number of nitrogens with one attached hydrogen (secondary N) is 1. The second-order valence-electron chi connectivity index (χ2n) is 5.13. The number of aromatic amines is 1. The Morgan fingerprint density at radius 2 is 1.55 bits per heavy atom. The Balaban J connectivity index is 0.000000617. The van der Waals surface area contributed by atoms with Crippen LogP contribution >= 0.6 is 0 Å². The van der Waals surface area contributed by atoms with E-state index < -0.39 is 0 Å².